The van der Waals surface area contributed by atoms with E-state index in [2.05, 4.69) is 6.58 Å². The van der Waals surface area contributed by atoms with Gasteiger partial charge in [0.05, 0.1) is 12.5 Å². The van der Waals surface area contributed by atoms with Gasteiger partial charge >= 0.3 is 0 Å². The highest BCUT2D eigenvalue weighted by molar-refractivity contribution is 5.81. The number of rotatable bonds is 7. The van der Waals surface area contributed by atoms with E-state index in [-0.39, 0.29) is 24.3 Å². The van der Waals surface area contributed by atoms with Gasteiger partial charge in [-0.15, -0.1) is 0 Å². The fourth-order valence-electron chi connectivity index (χ4n) is 3.44. The number of benzene rings is 2. The summed E-state index contributed by atoms with van der Waals surface area (Å²) < 4.78 is 5.49. The Hall–Kier alpha value is -3.34. The predicted octanol–water partition coefficient (Wildman–Crippen LogP) is 4.17. The van der Waals surface area contributed by atoms with Crippen molar-refractivity contribution in [2.45, 2.75) is 25.9 Å². The molecule has 5 heteroatoms. The second kappa shape index (κ2) is 9.24. The molecule has 1 heterocycles. The van der Waals surface area contributed by atoms with Crippen molar-refractivity contribution in [2.24, 2.45) is 0 Å². The van der Waals surface area contributed by atoms with Gasteiger partial charge in [-0.05, 0) is 34.9 Å². The van der Waals surface area contributed by atoms with Crippen LogP contribution in [0.5, 0.6) is 5.75 Å². The molecule has 0 spiro atoms. The Labute approximate surface area is 171 Å². The summed E-state index contributed by atoms with van der Waals surface area (Å²) in [6, 6.07) is 15.3. The molecule has 5 nitrogen and oxygen atoms in total. The topological polar surface area (TPSA) is 49.9 Å². The fourth-order valence-corrected chi connectivity index (χ4v) is 3.44. The third kappa shape index (κ3) is 4.93. The summed E-state index contributed by atoms with van der Waals surface area (Å²) in [6.45, 7) is 6.11. The Morgan fingerprint density at radius 2 is 1.90 bits per heavy atom. The zero-order chi connectivity index (χ0) is 20.8. The molecule has 0 fully saturated rings. The molecular formula is C24H26N2O3. The molecule has 0 unspecified atom stereocenters. The van der Waals surface area contributed by atoms with E-state index in [1.165, 1.54) is 6.92 Å². The van der Waals surface area contributed by atoms with Gasteiger partial charge in [-0.1, -0.05) is 49.1 Å². The first-order valence-corrected chi connectivity index (χ1v) is 9.62. The number of fused-ring (bicyclic) bond motifs is 1. The fraction of sp³-hybridized carbons (Fsp3) is 0.250. The zero-order valence-corrected chi connectivity index (χ0v) is 16.9. The summed E-state index contributed by atoms with van der Waals surface area (Å²) in [5, 5.41) is 0. The van der Waals surface area contributed by atoms with Gasteiger partial charge < -0.3 is 14.5 Å². The number of hydrogen-bond donors (Lipinski definition) is 0. The van der Waals surface area contributed by atoms with Gasteiger partial charge in [0.15, 0.2) is 0 Å². The van der Waals surface area contributed by atoms with Gasteiger partial charge in [0, 0.05) is 26.7 Å². The Bertz CT molecular complexity index is 918. The molecule has 0 aromatic heterocycles. The van der Waals surface area contributed by atoms with Crippen LogP contribution in [0.4, 0.5) is 0 Å². The van der Waals surface area contributed by atoms with Crippen molar-refractivity contribution in [3.8, 4) is 5.75 Å². The van der Waals surface area contributed by atoms with Crippen molar-refractivity contribution < 1.29 is 14.3 Å². The smallest absolute Gasteiger partial charge is 0.225 e. The summed E-state index contributed by atoms with van der Waals surface area (Å²) in [6.07, 6.45) is 5.61. The Balaban J connectivity index is 1.68. The monoisotopic (exact) mass is 390 g/mol. The lowest BCUT2D eigenvalue weighted by Gasteiger charge is -2.33. The van der Waals surface area contributed by atoms with Crippen LogP contribution in [0.15, 0.2) is 67.4 Å². The van der Waals surface area contributed by atoms with Gasteiger partial charge in [-0.2, -0.15) is 0 Å². The minimum absolute atomic E-state index is 0.0154. The maximum atomic E-state index is 12.9. The van der Waals surface area contributed by atoms with Crippen molar-refractivity contribution >= 4 is 17.9 Å². The number of hydrogen-bond acceptors (Lipinski definition) is 3. The van der Waals surface area contributed by atoms with E-state index in [9.17, 15) is 9.59 Å². The van der Waals surface area contributed by atoms with Crippen molar-refractivity contribution in [2.75, 3.05) is 13.7 Å². The molecule has 29 heavy (non-hydrogen) atoms. The second-order valence-electron chi connectivity index (χ2n) is 7.08. The van der Waals surface area contributed by atoms with Crippen LogP contribution >= 0.6 is 0 Å². The van der Waals surface area contributed by atoms with E-state index >= 15 is 0 Å². The van der Waals surface area contributed by atoms with E-state index in [1.54, 1.807) is 29.1 Å². The van der Waals surface area contributed by atoms with E-state index < -0.39 is 0 Å². The van der Waals surface area contributed by atoms with E-state index in [0.717, 1.165) is 22.4 Å². The standard InChI is InChI=1S/C24H26N2O3/c1-4-15-29-21-11-9-19(10-12-21)17-25(3)24(28)16-23-22-8-6-5-7-20(22)13-14-26(23)18(2)27/h4-14,23H,1,15-17H2,2-3H3/t23-/m0/s1. The number of nitrogens with zero attached hydrogens (tertiary/aromatic N) is 2. The third-order valence-corrected chi connectivity index (χ3v) is 4.97. The quantitative estimate of drug-likeness (QED) is 0.667. The van der Waals surface area contributed by atoms with E-state index in [4.69, 9.17) is 4.74 Å². The lowest BCUT2D eigenvalue weighted by molar-refractivity contribution is -0.134. The molecule has 3 rings (SSSR count). The maximum Gasteiger partial charge on any atom is 0.225 e. The van der Waals surface area contributed by atoms with Crippen molar-refractivity contribution in [1.82, 2.24) is 9.80 Å². The maximum absolute atomic E-state index is 12.9. The van der Waals surface area contributed by atoms with Crippen LogP contribution < -0.4 is 4.74 Å². The lowest BCUT2D eigenvalue weighted by Crippen LogP contribution is -2.35. The summed E-state index contributed by atoms with van der Waals surface area (Å²) in [7, 11) is 1.78. The van der Waals surface area contributed by atoms with Crippen molar-refractivity contribution in [3.63, 3.8) is 0 Å². The van der Waals surface area contributed by atoms with Gasteiger partial charge in [0.2, 0.25) is 11.8 Å². The Morgan fingerprint density at radius 1 is 1.17 bits per heavy atom. The highest BCUT2D eigenvalue weighted by Crippen LogP contribution is 2.33. The lowest BCUT2D eigenvalue weighted by atomic mass is 9.93. The normalized spacial score (nSPS) is 14.8. The van der Waals surface area contributed by atoms with Crippen LogP contribution in [0.2, 0.25) is 0 Å². The first-order chi connectivity index (χ1) is 14.0. The second-order valence-corrected chi connectivity index (χ2v) is 7.08. The van der Waals surface area contributed by atoms with E-state index in [1.807, 2.05) is 54.6 Å². The minimum Gasteiger partial charge on any atom is -0.490 e. The summed E-state index contributed by atoms with van der Waals surface area (Å²) >= 11 is 0. The molecule has 1 aliphatic rings. The molecule has 0 radical (unpaired) electrons. The van der Waals surface area contributed by atoms with Crippen molar-refractivity contribution in [3.05, 3.63) is 84.1 Å². The largest absolute Gasteiger partial charge is 0.490 e. The SMILES string of the molecule is C=CCOc1ccc(CN(C)C(=O)C[C@H]2c3ccccc3C=CN2C(C)=O)cc1. The molecule has 0 saturated carbocycles. The van der Waals surface area contributed by atoms with Gasteiger partial charge in [0.25, 0.3) is 0 Å². The van der Waals surface area contributed by atoms with Crippen LogP contribution in [-0.4, -0.2) is 35.3 Å². The number of carbonyl (C=O) groups excluding carboxylic acids is 2. The molecule has 150 valence electrons. The Morgan fingerprint density at radius 3 is 2.59 bits per heavy atom. The molecule has 0 saturated heterocycles. The molecule has 0 aliphatic carbocycles. The summed E-state index contributed by atoms with van der Waals surface area (Å²) in [5.41, 5.74) is 3.05. The average Bonchev–Trinajstić information content (AvgIpc) is 2.73. The molecular weight excluding hydrogens is 364 g/mol. The highest BCUT2D eigenvalue weighted by atomic mass is 16.5. The molecule has 2 aromatic carbocycles. The van der Waals surface area contributed by atoms with Crippen LogP contribution in [-0.2, 0) is 16.1 Å². The Kier molecular flexibility index (Phi) is 6.50. The van der Waals surface area contributed by atoms with E-state index in [0.29, 0.717) is 13.2 Å². The van der Waals surface area contributed by atoms with Gasteiger partial charge in [-0.25, -0.2) is 0 Å². The van der Waals surface area contributed by atoms with Gasteiger partial charge in [-0.3, -0.25) is 9.59 Å². The summed E-state index contributed by atoms with van der Waals surface area (Å²) in [4.78, 5) is 28.4. The van der Waals surface area contributed by atoms with Crippen LogP contribution in [0.25, 0.3) is 6.08 Å². The molecule has 1 aliphatic heterocycles. The van der Waals surface area contributed by atoms with Crippen LogP contribution in [0, 0.1) is 0 Å². The molecule has 0 bridgehead atoms. The summed E-state index contributed by atoms with van der Waals surface area (Å²) in [5.74, 6) is 0.676. The number of ether oxygens (including phenoxy) is 1. The first-order valence-electron chi connectivity index (χ1n) is 9.62. The minimum atomic E-state index is -0.293. The van der Waals surface area contributed by atoms with Crippen LogP contribution in [0.1, 0.15) is 36.1 Å². The molecule has 2 aromatic rings. The number of amides is 2. The molecule has 2 amide bonds. The average molecular weight is 390 g/mol. The molecule has 1 atom stereocenters. The van der Waals surface area contributed by atoms with Crippen LogP contribution in [0.3, 0.4) is 0 Å². The number of carbonyl (C=O) groups is 2. The zero-order valence-electron chi connectivity index (χ0n) is 16.9. The van der Waals surface area contributed by atoms with Gasteiger partial charge in [0.1, 0.15) is 12.4 Å². The predicted molar refractivity (Wildman–Crippen MR) is 114 cm³/mol. The molecule has 0 N–H and O–H groups in total. The first kappa shape index (κ1) is 20.4. The third-order valence-electron chi connectivity index (χ3n) is 4.97. The highest BCUT2D eigenvalue weighted by Gasteiger charge is 2.29. The van der Waals surface area contributed by atoms with Crippen molar-refractivity contribution in [1.29, 1.82) is 0 Å².